The molecule has 0 rings (SSSR count). The van der Waals surface area contributed by atoms with Gasteiger partial charge in [-0.2, -0.15) is 5.26 Å². The van der Waals surface area contributed by atoms with Crippen molar-refractivity contribution in [3.63, 3.8) is 0 Å². The number of carbonyl (C=O) groups is 1. The number of hydrogen-bond donors (Lipinski definition) is 1. The van der Waals surface area contributed by atoms with E-state index in [1.807, 2.05) is 0 Å². The number of esters is 1. The molecule has 0 aromatic heterocycles. The van der Waals surface area contributed by atoms with Gasteiger partial charge in [0.2, 0.25) is 0 Å². The lowest BCUT2D eigenvalue weighted by Gasteiger charge is -1.99. The minimum atomic E-state index is -0.702. The number of nitriles is 1. The van der Waals surface area contributed by atoms with Gasteiger partial charge < -0.3 is 9.94 Å². The summed E-state index contributed by atoms with van der Waals surface area (Å²) < 4.78 is 4.34. The molecule has 0 aromatic carbocycles. The molecule has 5 nitrogen and oxygen atoms in total. The third-order valence-electron chi connectivity index (χ3n) is 1.15. The lowest BCUT2D eigenvalue weighted by atomic mass is 10.2. The molecular weight excluding hydrogens is 160 g/mol. The zero-order valence-electron chi connectivity index (χ0n) is 6.74. The summed E-state index contributed by atoms with van der Waals surface area (Å²) in [7, 11) is 1.18. The topological polar surface area (TPSA) is 82.7 Å². The van der Waals surface area contributed by atoms with Crippen LogP contribution in [0.5, 0.6) is 0 Å². The Kier molecular flexibility index (Phi) is 4.16. The fraction of sp³-hybridized carbons (Fsp3) is 0.286. The van der Waals surface area contributed by atoms with Crippen molar-refractivity contribution in [2.75, 3.05) is 7.11 Å². The van der Waals surface area contributed by atoms with E-state index in [-0.39, 0.29) is 11.3 Å². The van der Waals surface area contributed by atoms with Crippen LogP contribution in [0.15, 0.2) is 16.8 Å². The summed E-state index contributed by atoms with van der Waals surface area (Å²) in [6.07, 6.45) is 0.959. The average Bonchev–Trinajstić information content (AvgIpc) is 2.11. The highest BCUT2D eigenvalue weighted by Crippen LogP contribution is 1.99. The predicted molar refractivity (Wildman–Crippen MR) is 40.6 cm³/mol. The van der Waals surface area contributed by atoms with Crippen LogP contribution < -0.4 is 0 Å². The van der Waals surface area contributed by atoms with Crippen LogP contribution in [-0.4, -0.2) is 24.0 Å². The van der Waals surface area contributed by atoms with E-state index in [0.29, 0.717) is 0 Å². The van der Waals surface area contributed by atoms with Gasteiger partial charge in [0, 0.05) is 6.08 Å². The number of rotatable bonds is 2. The summed E-state index contributed by atoms with van der Waals surface area (Å²) in [4.78, 5) is 10.9. The van der Waals surface area contributed by atoms with Crippen molar-refractivity contribution in [2.45, 2.75) is 6.92 Å². The van der Waals surface area contributed by atoms with Crippen molar-refractivity contribution in [1.82, 2.24) is 0 Å². The molecule has 64 valence electrons. The molecule has 0 unspecified atom stereocenters. The van der Waals surface area contributed by atoms with Gasteiger partial charge in [0.15, 0.2) is 0 Å². The number of nitrogens with zero attached hydrogens (tertiary/aromatic N) is 2. The van der Waals surface area contributed by atoms with E-state index in [9.17, 15) is 4.79 Å². The number of hydrogen-bond acceptors (Lipinski definition) is 5. The molecule has 12 heavy (non-hydrogen) atoms. The smallest absolute Gasteiger partial charge is 0.340 e. The highest BCUT2D eigenvalue weighted by atomic mass is 16.5. The maximum atomic E-state index is 10.9. The van der Waals surface area contributed by atoms with Gasteiger partial charge in [-0.05, 0) is 6.92 Å². The van der Waals surface area contributed by atoms with Crippen LogP contribution in [0.4, 0.5) is 0 Å². The third kappa shape index (κ3) is 2.42. The summed E-state index contributed by atoms with van der Waals surface area (Å²) in [5.74, 6) is -0.702. The Hall–Kier alpha value is -1.83. The number of carbonyl (C=O) groups excluding carboxylic acids is 1. The first-order valence-corrected chi connectivity index (χ1v) is 3.04. The van der Waals surface area contributed by atoms with E-state index in [0.717, 1.165) is 6.08 Å². The van der Waals surface area contributed by atoms with E-state index < -0.39 is 5.97 Å². The molecule has 1 N–H and O–H groups in total. The summed E-state index contributed by atoms with van der Waals surface area (Å²) in [5.41, 5.74) is -0.00843. The molecule has 0 saturated carbocycles. The Labute approximate surface area is 69.6 Å². The standard InChI is InChI=1S/C7H8N2O3/c1-5(9-11)6(3-4-8)7(10)12-2/h3,11H,1-2H3/b6-3+,9-5+. The summed E-state index contributed by atoms with van der Waals surface area (Å²) in [5, 5.41) is 19.3. The molecule has 0 radical (unpaired) electrons. The van der Waals surface area contributed by atoms with Gasteiger partial charge in [0.25, 0.3) is 0 Å². The predicted octanol–water partition coefficient (Wildman–Crippen LogP) is 0.459. The van der Waals surface area contributed by atoms with Gasteiger partial charge in [0.1, 0.15) is 0 Å². The van der Waals surface area contributed by atoms with E-state index >= 15 is 0 Å². The SMILES string of the molecule is COC(=O)C(=C/C#N)/C(C)=N/O. The highest BCUT2D eigenvalue weighted by Gasteiger charge is 2.12. The molecular formula is C7H8N2O3. The van der Waals surface area contributed by atoms with Crippen LogP contribution in [0.2, 0.25) is 0 Å². The van der Waals surface area contributed by atoms with Gasteiger partial charge >= 0.3 is 5.97 Å². The molecule has 0 amide bonds. The first-order valence-electron chi connectivity index (χ1n) is 3.04. The fourth-order valence-corrected chi connectivity index (χ4v) is 0.539. The van der Waals surface area contributed by atoms with Crippen LogP contribution in [0.25, 0.3) is 0 Å². The first kappa shape index (κ1) is 10.2. The van der Waals surface area contributed by atoms with E-state index in [4.69, 9.17) is 10.5 Å². The number of methoxy groups -OCH3 is 1. The second kappa shape index (κ2) is 4.91. The molecule has 0 saturated heterocycles. The maximum Gasteiger partial charge on any atom is 0.340 e. The minimum Gasteiger partial charge on any atom is -0.465 e. The first-order chi connectivity index (χ1) is 5.67. The lowest BCUT2D eigenvalue weighted by Crippen LogP contribution is -2.11. The molecule has 5 heteroatoms. The van der Waals surface area contributed by atoms with E-state index in [2.05, 4.69) is 9.89 Å². The summed E-state index contributed by atoms with van der Waals surface area (Å²) in [6.45, 7) is 1.39. The van der Waals surface area contributed by atoms with Crippen LogP contribution in [-0.2, 0) is 9.53 Å². The molecule has 0 aliphatic heterocycles. The normalized spacial score (nSPS) is 12.1. The molecule has 0 heterocycles. The highest BCUT2D eigenvalue weighted by molar-refractivity contribution is 6.18. The second-order valence-electron chi connectivity index (χ2n) is 1.86. The Morgan fingerprint density at radius 1 is 1.75 bits per heavy atom. The number of allylic oxidation sites excluding steroid dienone is 1. The van der Waals surface area contributed by atoms with E-state index in [1.165, 1.54) is 14.0 Å². The molecule has 0 aromatic rings. The lowest BCUT2D eigenvalue weighted by molar-refractivity contribution is -0.135. The largest absolute Gasteiger partial charge is 0.465 e. The van der Waals surface area contributed by atoms with Crippen molar-refractivity contribution < 1.29 is 14.7 Å². The zero-order chi connectivity index (χ0) is 9.56. The maximum absolute atomic E-state index is 10.9. The van der Waals surface area contributed by atoms with Crippen molar-refractivity contribution in [1.29, 1.82) is 5.26 Å². The molecule has 0 spiro atoms. The Morgan fingerprint density at radius 2 is 2.33 bits per heavy atom. The molecule has 0 aliphatic rings. The van der Waals surface area contributed by atoms with Gasteiger partial charge in [-0.3, -0.25) is 0 Å². The minimum absolute atomic E-state index is 0.0448. The molecule has 0 bridgehead atoms. The van der Waals surface area contributed by atoms with Gasteiger partial charge in [-0.1, -0.05) is 5.16 Å². The van der Waals surface area contributed by atoms with Crippen molar-refractivity contribution >= 4 is 11.7 Å². The van der Waals surface area contributed by atoms with Crippen LogP contribution >= 0.6 is 0 Å². The Bertz CT molecular complexity index is 273. The quantitative estimate of drug-likeness (QED) is 0.162. The Morgan fingerprint density at radius 3 is 2.67 bits per heavy atom. The van der Waals surface area contributed by atoms with Gasteiger partial charge in [-0.15, -0.1) is 0 Å². The molecule has 0 aliphatic carbocycles. The Balaban J connectivity index is 4.84. The van der Waals surface area contributed by atoms with Crippen LogP contribution in [0.1, 0.15) is 6.92 Å². The van der Waals surface area contributed by atoms with Crippen LogP contribution in [0.3, 0.4) is 0 Å². The van der Waals surface area contributed by atoms with Crippen molar-refractivity contribution in [3.05, 3.63) is 11.6 Å². The summed E-state index contributed by atoms with van der Waals surface area (Å²) in [6, 6.07) is 1.64. The van der Waals surface area contributed by atoms with Gasteiger partial charge in [0.05, 0.1) is 24.5 Å². The summed E-state index contributed by atoms with van der Waals surface area (Å²) >= 11 is 0. The van der Waals surface area contributed by atoms with Gasteiger partial charge in [-0.25, -0.2) is 4.79 Å². The second-order valence-corrected chi connectivity index (χ2v) is 1.86. The van der Waals surface area contributed by atoms with Crippen molar-refractivity contribution in [2.24, 2.45) is 5.16 Å². The monoisotopic (exact) mass is 168 g/mol. The fourth-order valence-electron chi connectivity index (χ4n) is 0.539. The third-order valence-corrected chi connectivity index (χ3v) is 1.15. The number of oxime groups is 1. The molecule has 0 atom stereocenters. The number of ether oxygens (including phenoxy) is 1. The molecule has 0 fully saturated rings. The zero-order valence-corrected chi connectivity index (χ0v) is 6.74. The van der Waals surface area contributed by atoms with Crippen LogP contribution in [0, 0.1) is 11.3 Å². The average molecular weight is 168 g/mol. The van der Waals surface area contributed by atoms with Crippen molar-refractivity contribution in [3.8, 4) is 6.07 Å². The van der Waals surface area contributed by atoms with E-state index in [1.54, 1.807) is 6.07 Å².